The number of rotatable bonds is 5. The van der Waals surface area contributed by atoms with Crippen molar-refractivity contribution < 1.29 is 4.79 Å². The number of benzene rings is 2. The fourth-order valence-electron chi connectivity index (χ4n) is 2.34. The SMILES string of the molecule is CN(C)CCN(C(=O)c1cccc(Br)c1)c1nc2ccccc2s1.Cl. The summed E-state index contributed by atoms with van der Waals surface area (Å²) in [5.74, 6) is -0.0304. The lowest BCUT2D eigenvalue weighted by Crippen LogP contribution is -2.36. The van der Waals surface area contributed by atoms with Crippen molar-refractivity contribution in [2.45, 2.75) is 0 Å². The predicted octanol–water partition coefficient (Wildman–Crippen LogP) is 4.69. The van der Waals surface area contributed by atoms with E-state index in [4.69, 9.17) is 0 Å². The molecule has 25 heavy (non-hydrogen) atoms. The minimum atomic E-state index is -0.0304. The molecule has 0 atom stereocenters. The first kappa shape index (κ1) is 19.8. The minimum Gasteiger partial charge on any atom is -0.308 e. The van der Waals surface area contributed by atoms with Gasteiger partial charge in [-0.2, -0.15) is 0 Å². The van der Waals surface area contributed by atoms with Crippen molar-refractivity contribution in [1.82, 2.24) is 9.88 Å². The first-order valence-electron chi connectivity index (χ1n) is 7.62. The number of carbonyl (C=O) groups is 1. The Morgan fingerprint density at radius 2 is 1.88 bits per heavy atom. The Morgan fingerprint density at radius 1 is 1.12 bits per heavy atom. The van der Waals surface area contributed by atoms with Crippen LogP contribution < -0.4 is 4.90 Å². The molecule has 0 unspecified atom stereocenters. The van der Waals surface area contributed by atoms with Gasteiger partial charge in [0.2, 0.25) is 0 Å². The average Bonchev–Trinajstić information content (AvgIpc) is 2.98. The third-order valence-corrected chi connectivity index (χ3v) is 5.15. The molecule has 3 rings (SSSR count). The molecule has 132 valence electrons. The van der Waals surface area contributed by atoms with E-state index >= 15 is 0 Å². The predicted molar refractivity (Wildman–Crippen MR) is 111 cm³/mol. The maximum Gasteiger partial charge on any atom is 0.260 e. The highest BCUT2D eigenvalue weighted by atomic mass is 79.9. The summed E-state index contributed by atoms with van der Waals surface area (Å²) in [5, 5.41) is 0.739. The van der Waals surface area contributed by atoms with E-state index < -0.39 is 0 Å². The van der Waals surface area contributed by atoms with Gasteiger partial charge in [-0.1, -0.05) is 45.5 Å². The summed E-state index contributed by atoms with van der Waals surface area (Å²) in [6, 6.07) is 15.4. The largest absolute Gasteiger partial charge is 0.308 e. The minimum absolute atomic E-state index is 0. The molecule has 0 fully saturated rings. The van der Waals surface area contributed by atoms with Gasteiger partial charge in [0, 0.05) is 23.1 Å². The van der Waals surface area contributed by atoms with Crippen molar-refractivity contribution in [3.8, 4) is 0 Å². The number of para-hydroxylation sites is 1. The number of carbonyl (C=O) groups excluding carboxylic acids is 1. The lowest BCUT2D eigenvalue weighted by Gasteiger charge is -2.22. The van der Waals surface area contributed by atoms with Gasteiger partial charge in [-0.15, -0.1) is 12.4 Å². The highest BCUT2D eigenvalue weighted by molar-refractivity contribution is 9.10. The van der Waals surface area contributed by atoms with Gasteiger partial charge in [0.25, 0.3) is 5.91 Å². The molecule has 0 bridgehead atoms. The van der Waals surface area contributed by atoms with Gasteiger partial charge < -0.3 is 4.90 Å². The molecule has 0 aliphatic rings. The van der Waals surface area contributed by atoms with Crippen molar-refractivity contribution in [3.63, 3.8) is 0 Å². The zero-order valence-corrected chi connectivity index (χ0v) is 17.2. The van der Waals surface area contributed by atoms with Crippen LogP contribution in [0.15, 0.2) is 53.0 Å². The maximum atomic E-state index is 13.0. The van der Waals surface area contributed by atoms with Crippen molar-refractivity contribution in [2.24, 2.45) is 0 Å². The summed E-state index contributed by atoms with van der Waals surface area (Å²) in [4.78, 5) is 21.5. The van der Waals surface area contributed by atoms with Crippen LogP contribution in [0.25, 0.3) is 10.2 Å². The zero-order valence-electron chi connectivity index (χ0n) is 14.0. The van der Waals surface area contributed by atoms with Gasteiger partial charge >= 0.3 is 0 Å². The number of aromatic nitrogens is 1. The van der Waals surface area contributed by atoms with E-state index in [0.29, 0.717) is 12.1 Å². The molecule has 7 heteroatoms. The van der Waals surface area contributed by atoms with E-state index in [9.17, 15) is 4.79 Å². The van der Waals surface area contributed by atoms with Crippen LogP contribution >= 0.6 is 39.7 Å². The molecule has 0 spiro atoms. The smallest absolute Gasteiger partial charge is 0.260 e. The van der Waals surface area contributed by atoms with Crippen molar-refractivity contribution in [3.05, 3.63) is 58.6 Å². The van der Waals surface area contributed by atoms with E-state index in [1.54, 1.807) is 16.2 Å². The van der Waals surface area contributed by atoms with Gasteiger partial charge in [-0.05, 0) is 44.4 Å². The molecule has 0 aliphatic carbocycles. The third kappa shape index (κ3) is 4.79. The number of likely N-dealkylation sites (N-methyl/N-ethyl adjacent to an activating group) is 1. The molecule has 0 radical (unpaired) electrons. The summed E-state index contributed by atoms with van der Waals surface area (Å²) in [5.41, 5.74) is 1.58. The van der Waals surface area contributed by atoms with Gasteiger partial charge in [-0.3, -0.25) is 9.69 Å². The molecule has 1 aromatic heterocycles. The number of thiazole rings is 1. The highest BCUT2D eigenvalue weighted by Crippen LogP contribution is 2.29. The van der Waals surface area contributed by atoms with Crippen LogP contribution in [0.3, 0.4) is 0 Å². The molecule has 0 aliphatic heterocycles. The lowest BCUT2D eigenvalue weighted by molar-refractivity contribution is 0.0985. The summed E-state index contributed by atoms with van der Waals surface area (Å²) < 4.78 is 1.98. The lowest BCUT2D eigenvalue weighted by atomic mass is 10.2. The Hall–Kier alpha value is -1.47. The molecule has 4 nitrogen and oxygen atoms in total. The fourth-order valence-corrected chi connectivity index (χ4v) is 3.73. The maximum absolute atomic E-state index is 13.0. The molecule has 2 aromatic carbocycles. The Bertz CT molecular complexity index is 835. The molecule has 1 amide bonds. The van der Waals surface area contributed by atoms with E-state index in [0.717, 1.165) is 26.4 Å². The molecule has 1 heterocycles. The van der Waals surface area contributed by atoms with Gasteiger partial charge in [0.1, 0.15) is 0 Å². The number of hydrogen-bond acceptors (Lipinski definition) is 4. The Labute approximate surface area is 166 Å². The van der Waals surface area contributed by atoms with Crippen LogP contribution in [0.5, 0.6) is 0 Å². The van der Waals surface area contributed by atoms with E-state index in [2.05, 4.69) is 25.8 Å². The summed E-state index contributed by atoms with van der Waals surface area (Å²) >= 11 is 4.98. The van der Waals surface area contributed by atoms with Gasteiger partial charge in [0.05, 0.1) is 10.2 Å². The highest BCUT2D eigenvalue weighted by Gasteiger charge is 2.21. The molecule has 0 saturated heterocycles. The van der Waals surface area contributed by atoms with E-state index in [-0.39, 0.29) is 18.3 Å². The summed E-state index contributed by atoms with van der Waals surface area (Å²) in [6.07, 6.45) is 0. The van der Waals surface area contributed by atoms with Crippen molar-refractivity contribution >= 4 is 60.9 Å². The van der Waals surface area contributed by atoms with Crippen LogP contribution in [0.1, 0.15) is 10.4 Å². The third-order valence-electron chi connectivity index (χ3n) is 3.60. The van der Waals surface area contributed by atoms with Gasteiger partial charge in [-0.25, -0.2) is 4.98 Å². The number of fused-ring (bicyclic) bond motifs is 1. The number of anilines is 1. The van der Waals surface area contributed by atoms with Crippen LogP contribution in [0.2, 0.25) is 0 Å². The normalized spacial score (nSPS) is 10.7. The molecule has 0 N–H and O–H groups in total. The Morgan fingerprint density at radius 3 is 2.56 bits per heavy atom. The second-order valence-corrected chi connectivity index (χ2v) is 7.66. The van der Waals surface area contributed by atoms with Crippen molar-refractivity contribution in [2.75, 3.05) is 32.1 Å². The Balaban J connectivity index is 0.00000225. The summed E-state index contributed by atoms with van der Waals surface area (Å²) in [7, 11) is 4.00. The monoisotopic (exact) mass is 439 g/mol. The van der Waals surface area contributed by atoms with Crippen LogP contribution in [0, 0.1) is 0 Å². The quantitative estimate of drug-likeness (QED) is 0.577. The number of hydrogen-bond donors (Lipinski definition) is 0. The standard InChI is InChI=1S/C18H18BrN3OS.ClH/c1-21(2)10-11-22(17(23)13-6-5-7-14(19)12-13)18-20-15-8-3-4-9-16(15)24-18;/h3-9,12H,10-11H2,1-2H3;1H. The number of nitrogens with zero attached hydrogens (tertiary/aromatic N) is 3. The molecular formula is C18H19BrClN3OS. The van der Waals surface area contributed by atoms with E-state index in [1.165, 1.54) is 0 Å². The topological polar surface area (TPSA) is 36.4 Å². The van der Waals surface area contributed by atoms with Crippen LogP contribution in [-0.4, -0.2) is 43.0 Å². The van der Waals surface area contributed by atoms with E-state index in [1.807, 2.05) is 62.6 Å². The fraction of sp³-hybridized carbons (Fsp3) is 0.222. The number of halogens is 2. The summed E-state index contributed by atoms with van der Waals surface area (Å²) in [6.45, 7) is 1.37. The first-order chi connectivity index (χ1) is 11.5. The first-order valence-corrected chi connectivity index (χ1v) is 9.23. The van der Waals surface area contributed by atoms with Gasteiger partial charge in [0.15, 0.2) is 5.13 Å². The second-order valence-electron chi connectivity index (χ2n) is 5.73. The van der Waals surface area contributed by atoms with Crippen LogP contribution in [0.4, 0.5) is 5.13 Å². The van der Waals surface area contributed by atoms with Crippen molar-refractivity contribution in [1.29, 1.82) is 0 Å². The molecular weight excluding hydrogens is 422 g/mol. The number of amides is 1. The second kappa shape index (κ2) is 8.76. The zero-order chi connectivity index (χ0) is 17.1. The average molecular weight is 441 g/mol. The molecule has 0 saturated carbocycles. The Kier molecular flexibility index (Phi) is 6.95. The molecule has 3 aromatic rings. The van der Waals surface area contributed by atoms with Crippen LogP contribution in [-0.2, 0) is 0 Å².